The molecule has 1 N–H and O–H groups in total. The Bertz CT molecular complexity index is 1340. The number of carbonyl (C=O) groups is 2. The highest BCUT2D eigenvalue weighted by molar-refractivity contribution is 7.19. The van der Waals surface area contributed by atoms with Crippen molar-refractivity contribution in [3.8, 4) is 11.3 Å². The van der Waals surface area contributed by atoms with E-state index in [0.717, 1.165) is 15.3 Å². The Labute approximate surface area is 187 Å². The average Bonchev–Trinajstić information content (AvgIpc) is 3.19. The van der Waals surface area contributed by atoms with E-state index in [2.05, 4.69) is 15.4 Å². The number of carbonyl (C=O) groups excluding carboxylic acids is 2. The number of nitrogens with one attached hydrogen (secondary N) is 1. The zero-order valence-corrected chi connectivity index (χ0v) is 18.3. The van der Waals surface area contributed by atoms with Crippen LogP contribution < -0.4 is 10.9 Å². The third-order valence-corrected chi connectivity index (χ3v) is 5.60. The van der Waals surface area contributed by atoms with Crippen LogP contribution in [0, 0.1) is 6.92 Å². The number of aryl methyl sites for hydroxylation is 1. The van der Waals surface area contributed by atoms with Gasteiger partial charge in [0, 0.05) is 11.3 Å². The van der Waals surface area contributed by atoms with Gasteiger partial charge >= 0.3 is 5.97 Å². The summed E-state index contributed by atoms with van der Waals surface area (Å²) in [4.78, 5) is 41.6. The average molecular weight is 449 g/mol. The van der Waals surface area contributed by atoms with Gasteiger partial charge < -0.3 is 10.1 Å². The first kappa shape index (κ1) is 21.4. The molecule has 0 bridgehead atoms. The maximum absolute atomic E-state index is 12.9. The Morgan fingerprint density at radius 1 is 1.09 bits per heavy atom. The van der Waals surface area contributed by atoms with Gasteiger partial charge in [-0.15, -0.1) is 11.3 Å². The number of ether oxygens (including phenoxy) is 1. The molecule has 2 aromatic carbocycles. The normalized spacial score (nSPS) is 10.8. The number of hydrogen-bond acceptors (Lipinski definition) is 7. The quantitative estimate of drug-likeness (QED) is 0.452. The minimum atomic E-state index is -0.429. The summed E-state index contributed by atoms with van der Waals surface area (Å²) in [5.41, 5.74) is 2.21. The lowest BCUT2D eigenvalue weighted by atomic mass is 10.1. The van der Waals surface area contributed by atoms with Crippen LogP contribution in [0.5, 0.6) is 0 Å². The minimum absolute atomic E-state index is 0.273. The SMILES string of the molecule is CCOC(=O)c1ccc(NC(=O)Cn2nc(-c3ccccc3)c3sc(C)nc3c2=O)cc1. The molecule has 162 valence electrons. The number of nitrogens with zero attached hydrogens (tertiary/aromatic N) is 3. The highest BCUT2D eigenvalue weighted by atomic mass is 32.1. The first-order valence-electron chi connectivity index (χ1n) is 9.97. The monoisotopic (exact) mass is 448 g/mol. The fraction of sp³-hybridized carbons (Fsp3) is 0.174. The lowest BCUT2D eigenvalue weighted by Gasteiger charge is -2.10. The topological polar surface area (TPSA) is 103 Å². The largest absolute Gasteiger partial charge is 0.462 e. The fourth-order valence-corrected chi connectivity index (χ4v) is 4.12. The Balaban J connectivity index is 1.60. The molecule has 0 aliphatic carbocycles. The van der Waals surface area contributed by atoms with E-state index in [9.17, 15) is 14.4 Å². The van der Waals surface area contributed by atoms with Crippen molar-refractivity contribution < 1.29 is 14.3 Å². The van der Waals surface area contributed by atoms with Crippen LogP contribution >= 0.6 is 11.3 Å². The third kappa shape index (κ3) is 4.42. The number of aromatic nitrogens is 3. The van der Waals surface area contributed by atoms with Crippen molar-refractivity contribution in [3.05, 3.63) is 75.5 Å². The molecule has 0 saturated carbocycles. The van der Waals surface area contributed by atoms with E-state index in [1.807, 2.05) is 37.3 Å². The molecule has 4 aromatic rings. The van der Waals surface area contributed by atoms with Crippen molar-refractivity contribution in [2.75, 3.05) is 11.9 Å². The number of hydrogen-bond donors (Lipinski definition) is 1. The van der Waals surface area contributed by atoms with E-state index >= 15 is 0 Å². The van der Waals surface area contributed by atoms with Crippen LogP contribution in [0.1, 0.15) is 22.3 Å². The number of rotatable bonds is 6. The van der Waals surface area contributed by atoms with Crippen molar-refractivity contribution in [2.45, 2.75) is 20.4 Å². The molecule has 2 aromatic heterocycles. The molecule has 8 nitrogen and oxygen atoms in total. The third-order valence-electron chi connectivity index (χ3n) is 4.63. The molecule has 0 unspecified atom stereocenters. The zero-order valence-electron chi connectivity index (χ0n) is 17.5. The van der Waals surface area contributed by atoms with Gasteiger partial charge in [-0.1, -0.05) is 30.3 Å². The van der Waals surface area contributed by atoms with Crippen LogP contribution in [0.3, 0.4) is 0 Å². The molecule has 0 saturated heterocycles. The van der Waals surface area contributed by atoms with Gasteiger partial charge in [0.2, 0.25) is 5.91 Å². The van der Waals surface area contributed by atoms with E-state index in [1.165, 1.54) is 11.3 Å². The summed E-state index contributed by atoms with van der Waals surface area (Å²) in [6, 6.07) is 15.8. The van der Waals surface area contributed by atoms with Crippen molar-refractivity contribution >= 4 is 39.1 Å². The van der Waals surface area contributed by atoms with E-state index < -0.39 is 17.4 Å². The molecule has 0 aliphatic rings. The number of esters is 1. The molecular weight excluding hydrogens is 428 g/mol. The van der Waals surface area contributed by atoms with Crippen LogP contribution in [-0.4, -0.2) is 33.2 Å². The molecule has 4 rings (SSSR count). The number of anilines is 1. The summed E-state index contributed by atoms with van der Waals surface area (Å²) < 4.78 is 6.78. The molecule has 0 spiro atoms. The summed E-state index contributed by atoms with van der Waals surface area (Å²) in [6.45, 7) is 3.57. The first-order chi connectivity index (χ1) is 15.5. The highest BCUT2D eigenvalue weighted by Gasteiger charge is 2.18. The molecule has 9 heteroatoms. The standard InChI is InChI=1S/C23H20N4O4S/c1-3-31-23(30)16-9-11-17(12-10-16)25-18(28)13-27-22(29)20-21(32-14(2)24-20)19(26-27)15-7-5-4-6-8-15/h4-12H,3,13H2,1-2H3,(H,25,28). The number of fused-ring (bicyclic) bond motifs is 1. The maximum Gasteiger partial charge on any atom is 0.338 e. The van der Waals surface area contributed by atoms with Crippen LogP contribution in [0.4, 0.5) is 5.69 Å². The molecule has 2 heterocycles. The lowest BCUT2D eigenvalue weighted by Crippen LogP contribution is -2.30. The first-order valence-corrected chi connectivity index (χ1v) is 10.8. The molecule has 0 radical (unpaired) electrons. The van der Waals surface area contributed by atoms with Gasteiger partial charge in [-0.3, -0.25) is 9.59 Å². The van der Waals surface area contributed by atoms with E-state index in [0.29, 0.717) is 27.2 Å². The Morgan fingerprint density at radius 2 is 1.81 bits per heavy atom. The minimum Gasteiger partial charge on any atom is -0.462 e. The Morgan fingerprint density at radius 3 is 2.50 bits per heavy atom. The lowest BCUT2D eigenvalue weighted by molar-refractivity contribution is -0.117. The van der Waals surface area contributed by atoms with Crippen molar-refractivity contribution in [2.24, 2.45) is 0 Å². The predicted molar refractivity (Wildman–Crippen MR) is 123 cm³/mol. The van der Waals surface area contributed by atoms with Crippen LogP contribution in [0.2, 0.25) is 0 Å². The summed E-state index contributed by atoms with van der Waals surface area (Å²) in [5, 5.41) is 7.95. The molecular formula is C23H20N4O4S. The smallest absolute Gasteiger partial charge is 0.338 e. The van der Waals surface area contributed by atoms with E-state index in [1.54, 1.807) is 31.2 Å². The van der Waals surface area contributed by atoms with Gasteiger partial charge in [0.15, 0.2) is 5.52 Å². The zero-order chi connectivity index (χ0) is 22.7. The Hall–Kier alpha value is -3.85. The molecule has 0 atom stereocenters. The summed E-state index contributed by atoms with van der Waals surface area (Å²) in [7, 11) is 0. The molecule has 0 aliphatic heterocycles. The molecule has 1 amide bonds. The van der Waals surface area contributed by atoms with E-state index in [-0.39, 0.29) is 13.2 Å². The fourth-order valence-electron chi connectivity index (χ4n) is 3.20. The summed E-state index contributed by atoms with van der Waals surface area (Å²) >= 11 is 1.40. The van der Waals surface area contributed by atoms with Gasteiger partial charge in [-0.2, -0.15) is 5.10 Å². The van der Waals surface area contributed by atoms with Gasteiger partial charge in [0.25, 0.3) is 5.56 Å². The highest BCUT2D eigenvalue weighted by Crippen LogP contribution is 2.29. The maximum atomic E-state index is 12.9. The van der Waals surface area contributed by atoms with Gasteiger partial charge in [0.05, 0.1) is 21.9 Å². The summed E-state index contributed by atoms with van der Waals surface area (Å²) in [6.07, 6.45) is 0. The summed E-state index contributed by atoms with van der Waals surface area (Å²) in [5.74, 6) is -0.852. The van der Waals surface area contributed by atoms with Gasteiger partial charge in [-0.25, -0.2) is 14.5 Å². The predicted octanol–water partition coefficient (Wildman–Crippen LogP) is 3.64. The Kier molecular flexibility index (Phi) is 6.09. The molecule has 32 heavy (non-hydrogen) atoms. The van der Waals surface area contributed by atoms with E-state index in [4.69, 9.17) is 4.74 Å². The van der Waals surface area contributed by atoms with Gasteiger partial charge in [0.1, 0.15) is 12.2 Å². The van der Waals surface area contributed by atoms with Crippen molar-refractivity contribution in [3.63, 3.8) is 0 Å². The van der Waals surface area contributed by atoms with Crippen LogP contribution in [-0.2, 0) is 16.1 Å². The number of thiazole rings is 1. The van der Waals surface area contributed by atoms with Crippen LogP contribution in [0.15, 0.2) is 59.4 Å². The number of amides is 1. The second kappa shape index (κ2) is 9.11. The number of benzene rings is 2. The second-order valence-electron chi connectivity index (χ2n) is 6.93. The van der Waals surface area contributed by atoms with Crippen molar-refractivity contribution in [1.82, 2.24) is 14.8 Å². The van der Waals surface area contributed by atoms with Crippen molar-refractivity contribution in [1.29, 1.82) is 0 Å². The second-order valence-corrected chi connectivity index (χ2v) is 8.14. The van der Waals surface area contributed by atoms with Gasteiger partial charge in [-0.05, 0) is 38.1 Å². The van der Waals surface area contributed by atoms with Crippen LogP contribution in [0.25, 0.3) is 21.5 Å². The molecule has 0 fully saturated rings.